The van der Waals surface area contributed by atoms with Crippen molar-refractivity contribution in [2.45, 2.75) is 6.92 Å². The summed E-state index contributed by atoms with van der Waals surface area (Å²) in [6.07, 6.45) is 0. The third kappa shape index (κ3) is 3.34. The Morgan fingerprint density at radius 3 is 2.69 bits per heavy atom. The van der Waals surface area contributed by atoms with E-state index in [1.54, 1.807) is 0 Å². The minimum absolute atomic E-state index is 0.544. The minimum Gasteiger partial charge on any atom is -0.489 e. The summed E-state index contributed by atoms with van der Waals surface area (Å²) in [4.78, 5) is 0. The van der Waals surface area contributed by atoms with E-state index < -0.39 is 0 Å². The second kappa shape index (κ2) is 5.43. The van der Waals surface area contributed by atoms with Gasteiger partial charge in [-0.3, -0.25) is 0 Å². The maximum Gasteiger partial charge on any atom is 0.142 e. The Hall–Kier alpha value is -1.22. The fraction of sp³-hybridized carbons (Fsp3) is 0.400. The van der Waals surface area contributed by atoms with Gasteiger partial charge in [-0.1, -0.05) is 12.1 Å². The Balaban J connectivity index is 2.32. The summed E-state index contributed by atoms with van der Waals surface area (Å²) in [6.45, 7) is 3.82. The Morgan fingerprint density at radius 2 is 2.00 bits per heavy atom. The molecule has 2 N–H and O–H groups in total. The van der Waals surface area contributed by atoms with Gasteiger partial charge < -0.3 is 15.2 Å². The molecule has 0 radical (unpaired) electrons. The fourth-order valence-electron chi connectivity index (χ4n) is 0.967. The van der Waals surface area contributed by atoms with Gasteiger partial charge >= 0.3 is 0 Å². The normalized spacial score (nSPS) is 9.92. The summed E-state index contributed by atoms with van der Waals surface area (Å²) in [5.74, 6) is 0.724. The van der Waals surface area contributed by atoms with Crippen LogP contribution in [0.3, 0.4) is 0 Å². The van der Waals surface area contributed by atoms with Crippen molar-refractivity contribution >= 4 is 5.69 Å². The molecule has 0 saturated carbocycles. The lowest BCUT2D eigenvalue weighted by molar-refractivity contribution is 0.110. The van der Waals surface area contributed by atoms with Crippen LogP contribution in [-0.4, -0.2) is 19.8 Å². The van der Waals surface area contributed by atoms with Crippen molar-refractivity contribution in [2.24, 2.45) is 0 Å². The maximum atomic E-state index is 5.67. The molecule has 3 nitrogen and oxygen atoms in total. The zero-order valence-electron chi connectivity index (χ0n) is 7.82. The van der Waals surface area contributed by atoms with Crippen LogP contribution in [0, 0.1) is 0 Å². The average Bonchev–Trinajstić information content (AvgIpc) is 2.15. The summed E-state index contributed by atoms with van der Waals surface area (Å²) in [5.41, 5.74) is 6.34. The Morgan fingerprint density at radius 1 is 1.23 bits per heavy atom. The van der Waals surface area contributed by atoms with Crippen molar-refractivity contribution in [3.8, 4) is 5.75 Å². The summed E-state index contributed by atoms with van der Waals surface area (Å²) >= 11 is 0. The minimum atomic E-state index is 0.544. The van der Waals surface area contributed by atoms with Gasteiger partial charge in [0.2, 0.25) is 0 Å². The molecule has 0 atom stereocenters. The van der Waals surface area contributed by atoms with Gasteiger partial charge in [0.15, 0.2) is 0 Å². The number of nitrogens with two attached hydrogens (primary N) is 1. The third-order valence-corrected chi connectivity index (χ3v) is 1.61. The van der Waals surface area contributed by atoms with Gasteiger partial charge in [0.05, 0.1) is 12.3 Å². The number of hydrogen-bond acceptors (Lipinski definition) is 3. The molecule has 0 aliphatic carbocycles. The highest BCUT2D eigenvalue weighted by molar-refractivity contribution is 5.51. The molecule has 0 fully saturated rings. The van der Waals surface area contributed by atoms with Crippen molar-refractivity contribution in [1.82, 2.24) is 0 Å². The number of benzene rings is 1. The molecule has 1 rings (SSSR count). The van der Waals surface area contributed by atoms with Crippen LogP contribution in [0.5, 0.6) is 5.75 Å². The van der Waals surface area contributed by atoms with Crippen molar-refractivity contribution in [1.29, 1.82) is 0 Å². The van der Waals surface area contributed by atoms with Crippen LogP contribution < -0.4 is 10.5 Å². The molecule has 0 aliphatic rings. The van der Waals surface area contributed by atoms with E-state index in [0.29, 0.717) is 25.5 Å². The molecule has 0 aromatic heterocycles. The summed E-state index contributed by atoms with van der Waals surface area (Å²) in [7, 11) is 0. The summed E-state index contributed by atoms with van der Waals surface area (Å²) in [6, 6.07) is 7.44. The highest BCUT2D eigenvalue weighted by Gasteiger charge is 1.96. The van der Waals surface area contributed by atoms with E-state index in [-0.39, 0.29) is 0 Å². The molecular formula is C10H15NO2. The van der Waals surface area contributed by atoms with Crippen molar-refractivity contribution in [2.75, 3.05) is 25.6 Å². The molecule has 0 spiro atoms. The lowest BCUT2D eigenvalue weighted by Crippen LogP contribution is -2.07. The van der Waals surface area contributed by atoms with Gasteiger partial charge in [-0.15, -0.1) is 0 Å². The van der Waals surface area contributed by atoms with E-state index in [1.807, 2.05) is 31.2 Å². The molecule has 0 heterocycles. The van der Waals surface area contributed by atoms with Crippen LogP contribution in [0.15, 0.2) is 24.3 Å². The Kier molecular flexibility index (Phi) is 4.12. The average molecular weight is 181 g/mol. The predicted molar refractivity (Wildman–Crippen MR) is 52.8 cm³/mol. The molecule has 0 saturated heterocycles. The zero-order chi connectivity index (χ0) is 9.52. The van der Waals surface area contributed by atoms with Crippen LogP contribution in [0.1, 0.15) is 6.92 Å². The predicted octanol–water partition coefficient (Wildman–Crippen LogP) is 1.68. The molecule has 13 heavy (non-hydrogen) atoms. The smallest absolute Gasteiger partial charge is 0.142 e. The van der Waals surface area contributed by atoms with Crippen molar-refractivity contribution in [3.63, 3.8) is 0 Å². The first-order chi connectivity index (χ1) is 6.34. The van der Waals surface area contributed by atoms with Crippen molar-refractivity contribution < 1.29 is 9.47 Å². The maximum absolute atomic E-state index is 5.67. The lowest BCUT2D eigenvalue weighted by atomic mass is 10.3. The largest absolute Gasteiger partial charge is 0.489 e. The monoisotopic (exact) mass is 181 g/mol. The first-order valence-corrected chi connectivity index (χ1v) is 4.39. The first-order valence-electron chi connectivity index (χ1n) is 4.39. The fourth-order valence-corrected chi connectivity index (χ4v) is 0.967. The van der Waals surface area contributed by atoms with Crippen molar-refractivity contribution in [3.05, 3.63) is 24.3 Å². The second-order valence-electron chi connectivity index (χ2n) is 2.58. The number of rotatable bonds is 5. The molecule has 0 amide bonds. The van der Waals surface area contributed by atoms with Crippen LogP contribution in [-0.2, 0) is 4.74 Å². The number of ether oxygens (including phenoxy) is 2. The highest BCUT2D eigenvalue weighted by atomic mass is 16.5. The van der Waals surface area contributed by atoms with Crippen LogP contribution in [0.25, 0.3) is 0 Å². The topological polar surface area (TPSA) is 44.5 Å². The Labute approximate surface area is 78.5 Å². The van der Waals surface area contributed by atoms with E-state index in [4.69, 9.17) is 15.2 Å². The molecular weight excluding hydrogens is 166 g/mol. The quantitative estimate of drug-likeness (QED) is 0.555. The molecule has 1 aromatic rings. The van der Waals surface area contributed by atoms with Gasteiger partial charge in [-0.25, -0.2) is 0 Å². The molecule has 72 valence electrons. The second-order valence-corrected chi connectivity index (χ2v) is 2.58. The third-order valence-electron chi connectivity index (χ3n) is 1.61. The number of para-hydroxylation sites is 2. The zero-order valence-corrected chi connectivity index (χ0v) is 7.82. The van der Waals surface area contributed by atoms with Crippen LogP contribution >= 0.6 is 0 Å². The van der Waals surface area contributed by atoms with Crippen LogP contribution in [0.4, 0.5) is 5.69 Å². The molecule has 0 unspecified atom stereocenters. The number of hydrogen-bond donors (Lipinski definition) is 1. The summed E-state index contributed by atoms with van der Waals surface area (Å²) in [5, 5.41) is 0. The van der Waals surface area contributed by atoms with E-state index >= 15 is 0 Å². The Bertz CT molecular complexity index is 250. The van der Waals surface area contributed by atoms with E-state index in [1.165, 1.54) is 0 Å². The standard InChI is InChI=1S/C10H15NO2/c1-2-12-7-8-13-10-6-4-3-5-9(10)11/h3-6H,2,7-8,11H2,1H3. The molecule has 3 heteroatoms. The highest BCUT2D eigenvalue weighted by Crippen LogP contribution is 2.19. The van der Waals surface area contributed by atoms with E-state index in [9.17, 15) is 0 Å². The molecule has 1 aromatic carbocycles. The first kappa shape index (κ1) is 9.86. The van der Waals surface area contributed by atoms with Gasteiger partial charge in [0.1, 0.15) is 12.4 Å². The van der Waals surface area contributed by atoms with E-state index in [2.05, 4.69) is 0 Å². The molecule has 0 aliphatic heterocycles. The molecule has 0 bridgehead atoms. The van der Waals surface area contributed by atoms with Gasteiger partial charge in [-0.05, 0) is 19.1 Å². The summed E-state index contributed by atoms with van der Waals surface area (Å²) < 4.78 is 10.5. The number of anilines is 1. The number of nitrogen functional groups attached to an aromatic ring is 1. The van der Waals surface area contributed by atoms with Crippen LogP contribution in [0.2, 0.25) is 0 Å². The SMILES string of the molecule is CCOCCOc1ccccc1N. The van der Waals surface area contributed by atoms with Gasteiger partial charge in [-0.2, -0.15) is 0 Å². The lowest BCUT2D eigenvalue weighted by Gasteiger charge is -2.07. The van der Waals surface area contributed by atoms with Gasteiger partial charge in [0.25, 0.3) is 0 Å². The van der Waals surface area contributed by atoms with Gasteiger partial charge in [0, 0.05) is 6.61 Å². The van der Waals surface area contributed by atoms with E-state index in [0.717, 1.165) is 5.75 Å².